The molecule has 1 unspecified atom stereocenters. The fourth-order valence-electron chi connectivity index (χ4n) is 1.57. The van der Waals surface area contributed by atoms with Crippen LogP contribution >= 0.6 is 11.8 Å². The molecule has 1 amide bonds. The maximum Gasteiger partial charge on any atom is 0.235 e. The lowest BCUT2D eigenvalue weighted by Crippen LogP contribution is -2.38. The predicted octanol–water partition coefficient (Wildman–Crippen LogP) is 2.67. The maximum atomic E-state index is 12.1. The zero-order valence-electron chi connectivity index (χ0n) is 12.1. The van der Waals surface area contributed by atoms with E-state index < -0.39 is 0 Å². The van der Waals surface area contributed by atoms with Crippen LogP contribution in [0.4, 0.5) is 0 Å². The third kappa shape index (κ3) is 4.88. The van der Waals surface area contributed by atoms with Gasteiger partial charge in [-0.1, -0.05) is 24.3 Å². The summed E-state index contributed by atoms with van der Waals surface area (Å²) in [6.07, 6.45) is 0. The topological polar surface area (TPSA) is 40.5 Å². The number of benzene rings is 1. The zero-order chi connectivity index (χ0) is 14.4. The number of carbonyl (C=O) groups is 1. The molecule has 0 aliphatic rings. The van der Waals surface area contributed by atoms with Gasteiger partial charge in [-0.05, 0) is 31.9 Å². The summed E-state index contributed by atoms with van der Waals surface area (Å²) >= 11 is 1.64. The molecule has 1 aromatic carbocycles. The van der Waals surface area contributed by atoms with Gasteiger partial charge in [0.25, 0.3) is 0 Å². The largest absolute Gasteiger partial charge is 0.392 e. The highest BCUT2D eigenvalue weighted by atomic mass is 32.2. The average molecular weight is 281 g/mol. The van der Waals surface area contributed by atoms with E-state index in [0.717, 1.165) is 11.3 Å². The Hall–Kier alpha value is -1.00. The highest BCUT2D eigenvalue weighted by Crippen LogP contribution is 2.20. The molecule has 0 aliphatic carbocycles. The predicted molar refractivity (Wildman–Crippen MR) is 81.0 cm³/mol. The Balaban J connectivity index is 2.49. The number of hydrogen-bond donors (Lipinski definition) is 1. The van der Waals surface area contributed by atoms with Crippen LogP contribution in [-0.4, -0.2) is 34.3 Å². The van der Waals surface area contributed by atoms with Crippen LogP contribution in [0.3, 0.4) is 0 Å². The number of thioether (sulfide) groups is 1. The smallest absolute Gasteiger partial charge is 0.235 e. The molecule has 0 fully saturated rings. The van der Waals surface area contributed by atoms with Gasteiger partial charge >= 0.3 is 0 Å². The second-order valence-electron chi connectivity index (χ2n) is 4.97. The lowest BCUT2D eigenvalue weighted by molar-refractivity contribution is -0.130. The van der Waals surface area contributed by atoms with Crippen molar-refractivity contribution in [2.75, 3.05) is 7.05 Å². The standard InChI is InChI=1S/C15H23NO2S/c1-11(2)16(4)15(18)12(3)19-10-14-7-5-13(9-17)6-8-14/h5-8,11-12,17H,9-10H2,1-4H3. The highest BCUT2D eigenvalue weighted by molar-refractivity contribution is 7.99. The minimum absolute atomic E-state index is 0.0371. The molecule has 0 aromatic heterocycles. The number of hydrogen-bond acceptors (Lipinski definition) is 3. The Kier molecular flexibility index (Phi) is 6.38. The first-order valence-corrected chi connectivity index (χ1v) is 7.57. The van der Waals surface area contributed by atoms with Crippen LogP contribution in [0.5, 0.6) is 0 Å². The molecule has 1 atom stereocenters. The molecule has 0 spiro atoms. The molecule has 0 saturated carbocycles. The van der Waals surface area contributed by atoms with E-state index in [4.69, 9.17) is 5.11 Å². The van der Waals surface area contributed by atoms with Crippen molar-refractivity contribution in [2.24, 2.45) is 0 Å². The third-order valence-electron chi connectivity index (χ3n) is 3.18. The molecule has 4 heteroatoms. The van der Waals surface area contributed by atoms with Crippen LogP contribution in [0.25, 0.3) is 0 Å². The summed E-state index contributed by atoms with van der Waals surface area (Å²) in [4.78, 5) is 13.9. The van der Waals surface area contributed by atoms with Crippen molar-refractivity contribution in [3.63, 3.8) is 0 Å². The molecular weight excluding hydrogens is 258 g/mol. The lowest BCUT2D eigenvalue weighted by atomic mass is 10.2. The first-order valence-electron chi connectivity index (χ1n) is 6.52. The minimum atomic E-state index is -0.0371. The summed E-state index contributed by atoms with van der Waals surface area (Å²) in [6.45, 7) is 6.06. The van der Waals surface area contributed by atoms with Crippen molar-refractivity contribution < 1.29 is 9.90 Å². The summed E-state index contributed by atoms with van der Waals surface area (Å²) in [5, 5.41) is 8.94. The molecule has 0 bridgehead atoms. The summed E-state index contributed by atoms with van der Waals surface area (Å²) < 4.78 is 0. The Morgan fingerprint density at radius 3 is 2.21 bits per heavy atom. The van der Waals surface area contributed by atoms with Gasteiger partial charge in [0.1, 0.15) is 0 Å². The van der Waals surface area contributed by atoms with E-state index in [-0.39, 0.29) is 23.8 Å². The van der Waals surface area contributed by atoms with Crippen molar-refractivity contribution in [2.45, 2.75) is 44.4 Å². The molecule has 106 valence electrons. The molecule has 19 heavy (non-hydrogen) atoms. The minimum Gasteiger partial charge on any atom is -0.392 e. The zero-order valence-corrected chi connectivity index (χ0v) is 12.9. The van der Waals surface area contributed by atoms with E-state index in [9.17, 15) is 4.79 Å². The fraction of sp³-hybridized carbons (Fsp3) is 0.533. The van der Waals surface area contributed by atoms with Gasteiger partial charge in [0.2, 0.25) is 5.91 Å². The molecular formula is C15H23NO2S. The van der Waals surface area contributed by atoms with Crippen LogP contribution in [0.15, 0.2) is 24.3 Å². The van der Waals surface area contributed by atoms with Gasteiger partial charge < -0.3 is 10.0 Å². The second kappa shape index (κ2) is 7.56. The maximum absolute atomic E-state index is 12.1. The number of carbonyl (C=O) groups excluding carboxylic acids is 1. The van der Waals surface area contributed by atoms with Gasteiger partial charge in [0, 0.05) is 18.8 Å². The summed E-state index contributed by atoms with van der Waals surface area (Å²) in [7, 11) is 1.85. The number of aliphatic hydroxyl groups is 1. The monoisotopic (exact) mass is 281 g/mol. The molecule has 0 aliphatic heterocycles. The van der Waals surface area contributed by atoms with E-state index in [2.05, 4.69) is 0 Å². The average Bonchev–Trinajstić information content (AvgIpc) is 2.43. The van der Waals surface area contributed by atoms with Crippen molar-refractivity contribution in [3.8, 4) is 0 Å². The fourth-order valence-corrected chi connectivity index (χ4v) is 2.52. The van der Waals surface area contributed by atoms with E-state index in [1.807, 2.05) is 52.1 Å². The van der Waals surface area contributed by atoms with Crippen LogP contribution in [0.1, 0.15) is 31.9 Å². The molecule has 3 nitrogen and oxygen atoms in total. The molecule has 0 heterocycles. The van der Waals surface area contributed by atoms with E-state index in [1.54, 1.807) is 16.7 Å². The third-order valence-corrected chi connectivity index (χ3v) is 4.38. The Morgan fingerprint density at radius 1 is 1.21 bits per heavy atom. The van der Waals surface area contributed by atoms with Crippen molar-refractivity contribution in [3.05, 3.63) is 35.4 Å². The second-order valence-corrected chi connectivity index (χ2v) is 6.30. The SMILES string of the molecule is CC(SCc1ccc(CO)cc1)C(=O)N(C)C(C)C. The van der Waals surface area contributed by atoms with Crippen LogP contribution in [0, 0.1) is 0 Å². The first kappa shape index (κ1) is 16.1. The number of nitrogens with zero attached hydrogens (tertiary/aromatic N) is 1. The Bertz CT molecular complexity index is 403. The van der Waals surface area contributed by atoms with E-state index in [1.165, 1.54) is 5.56 Å². The summed E-state index contributed by atoms with van der Waals surface area (Å²) in [5.74, 6) is 0.983. The Morgan fingerprint density at radius 2 is 1.74 bits per heavy atom. The highest BCUT2D eigenvalue weighted by Gasteiger charge is 2.19. The summed E-state index contributed by atoms with van der Waals surface area (Å²) in [5.41, 5.74) is 2.09. The van der Waals surface area contributed by atoms with Gasteiger partial charge in [-0.15, -0.1) is 11.8 Å². The van der Waals surface area contributed by atoms with Gasteiger partial charge in [0.05, 0.1) is 11.9 Å². The number of aliphatic hydroxyl groups excluding tert-OH is 1. The van der Waals surface area contributed by atoms with E-state index in [0.29, 0.717) is 0 Å². The van der Waals surface area contributed by atoms with Gasteiger partial charge in [-0.2, -0.15) is 0 Å². The van der Waals surface area contributed by atoms with Crippen molar-refractivity contribution >= 4 is 17.7 Å². The van der Waals surface area contributed by atoms with Crippen molar-refractivity contribution in [1.82, 2.24) is 4.90 Å². The Labute approximate surface area is 120 Å². The quantitative estimate of drug-likeness (QED) is 0.871. The normalized spacial score (nSPS) is 12.5. The van der Waals surface area contributed by atoms with Gasteiger partial charge in [-0.3, -0.25) is 4.79 Å². The van der Waals surface area contributed by atoms with Gasteiger partial charge in [-0.25, -0.2) is 0 Å². The van der Waals surface area contributed by atoms with E-state index >= 15 is 0 Å². The van der Waals surface area contributed by atoms with Crippen molar-refractivity contribution in [1.29, 1.82) is 0 Å². The lowest BCUT2D eigenvalue weighted by Gasteiger charge is -2.24. The molecule has 1 rings (SSSR count). The molecule has 1 N–H and O–H groups in total. The molecule has 1 aromatic rings. The molecule has 0 radical (unpaired) electrons. The number of amides is 1. The molecule has 0 saturated heterocycles. The van der Waals surface area contributed by atoms with Crippen LogP contribution < -0.4 is 0 Å². The van der Waals surface area contributed by atoms with Gasteiger partial charge in [0.15, 0.2) is 0 Å². The summed E-state index contributed by atoms with van der Waals surface area (Å²) in [6, 6.07) is 8.08. The number of rotatable bonds is 6. The van der Waals surface area contributed by atoms with Crippen LogP contribution in [-0.2, 0) is 17.2 Å². The first-order chi connectivity index (χ1) is 8.95. The van der Waals surface area contributed by atoms with Crippen LogP contribution in [0.2, 0.25) is 0 Å².